The summed E-state index contributed by atoms with van der Waals surface area (Å²) in [5, 5.41) is 13.2. The topological polar surface area (TPSA) is 204 Å². The number of nitrogens with zero attached hydrogens (tertiary/aromatic N) is 4. The van der Waals surface area contributed by atoms with Crippen LogP contribution in [0.1, 0.15) is 58.3 Å². The molecule has 3 aromatic heterocycles. The van der Waals surface area contributed by atoms with Crippen LogP contribution in [0.4, 0.5) is 17.3 Å². The van der Waals surface area contributed by atoms with E-state index >= 15 is 0 Å². The lowest BCUT2D eigenvalue weighted by Gasteiger charge is -2.29. The Balaban J connectivity index is 0.000000181. The van der Waals surface area contributed by atoms with Gasteiger partial charge in [0.2, 0.25) is 11.8 Å². The number of aromatic amines is 1. The maximum absolute atomic E-state index is 12.3. The first-order valence-corrected chi connectivity index (χ1v) is 13.8. The number of nitrogen functional groups attached to an aromatic ring is 1. The monoisotopic (exact) mass is 536 g/mol. The van der Waals surface area contributed by atoms with Crippen LogP contribution in [0.25, 0.3) is 11.0 Å². The fourth-order valence-corrected chi connectivity index (χ4v) is 5.42. The van der Waals surface area contributed by atoms with E-state index in [1.54, 1.807) is 24.5 Å². The Morgan fingerprint density at radius 3 is 2.31 bits per heavy atom. The highest BCUT2D eigenvalue weighted by atomic mass is 16.2. The summed E-state index contributed by atoms with van der Waals surface area (Å²) in [5.74, 6) is 2.31. The molecule has 210 valence electrons. The molecule has 3 heterocycles. The number of aromatic nitrogens is 5. The summed E-state index contributed by atoms with van der Waals surface area (Å²) in [4.78, 5) is 36.5. The van der Waals surface area contributed by atoms with Gasteiger partial charge in [0.05, 0.1) is 11.6 Å². The molecule has 0 aromatic carbocycles. The second kappa shape index (κ2) is 13.4. The molecule has 9 N–H and O–H groups in total. The van der Waals surface area contributed by atoms with E-state index in [1.165, 1.54) is 6.33 Å². The molecule has 2 aliphatic carbocycles. The van der Waals surface area contributed by atoms with Crippen LogP contribution in [0.5, 0.6) is 0 Å². The molecule has 3 aromatic rings. The molecule has 0 saturated heterocycles. The first-order valence-electron chi connectivity index (χ1n) is 13.8. The van der Waals surface area contributed by atoms with Gasteiger partial charge in [0.25, 0.3) is 0 Å². The van der Waals surface area contributed by atoms with Crippen molar-refractivity contribution in [2.24, 2.45) is 35.1 Å². The zero-order valence-electron chi connectivity index (χ0n) is 22.5. The second-order valence-electron chi connectivity index (χ2n) is 10.7. The number of rotatable bonds is 6. The minimum atomic E-state index is 0.0293. The van der Waals surface area contributed by atoms with E-state index in [0.717, 1.165) is 63.3 Å². The summed E-state index contributed by atoms with van der Waals surface area (Å²) in [7, 11) is 0. The summed E-state index contributed by atoms with van der Waals surface area (Å²) in [6, 6.07) is 3.65. The number of nitrogens with two attached hydrogens (primary N) is 3. The number of carbonyl (C=O) groups is 2. The van der Waals surface area contributed by atoms with Crippen molar-refractivity contribution in [1.29, 1.82) is 0 Å². The van der Waals surface area contributed by atoms with Gasteiger partial charge in [-0.1, -0.05) is 0 Å². The van der Waals surface area contributed by atoms with E-state index in [0.29, 0.717) is 34.8 Å². The minimum Gasteiger partial charge on any atom is -0.384 e. The van der Waals surface area contributed by atoms with Crippen LogP contribution in [0.3, 0.4) is 0 Å². The third-order valence-corrected chi connectivity index (χ3v) is 7.98. The summed E-state index contributed by atoms with van der Waals surface area (Å²) in [6.07, 6.45) is 12.4. The lowest BCUT2D eigenvalue weighted by atomic mass is 9.79. The van der Waals surface area contributed by atoms with Gasteiger partial charge in [0, 0.05) is 35.8 Å². The van der Waals surface area contributed by atoms with Crippen LogP contribution in [0.2, 0.25) is 0 Å². The first kappa shape index (κ1) is 28.4. The maximum atomic E-state index is 12.3. The number of anilines is 3. The molecular formula is C27H40N10O2. The zero-order chi connectivity index (χ0) is 27.8. The Bertz CT molecular complexity index is 1230. The van der Waals surface area contributed by atoms with Crippen LogP contribution >= 0.6 is 0 Å². The SMILES string of the molecule is CC(N)[C@H]1CC[C@H](C(=O)Nc2ccnc(N)c2)CC1.NC[C@H]1CC[C@H](C(=O)Nc2ncnc3[nH]ncc23)CC1. The molecule has 2 aliphatic rings. The third-order valence-electron chi connectivity index (χ3n) is 7.98. The second-order valence-corrected chi connectivity index (χ2v) is 10.7. The Labute approximate surface area is 228 Å². The fraction of sp³-hybridized carbons (Fsp3) is 0.556. The molecule has 39 heavy (non-hydrogen) atoms. The van der Waals surface area contributed by atoms with Crippen molar-refractivity contribution < 1.29 is 9.59 Å². The van der Waals surface area contributed by atoms with E-state index in [2.05, 4.69) is 35.8 Å². The van der Waals surface area contributed by atoms with Gasteiger partial charge in [-0.05, 0) is 82.7 Å². The quantitative estimate of drug-likeness (QED) is 0.274. The molecule has 0 radical (unpaired) electrons. The number of nitrogens with one attached hydrogen (secondary N) is 3. The van der Waals surface area contributed by atoms with E-state index in [9.17, 15) is 9.59 Å². The standard InChI is InChI=1S/C14H22N4O.C13H18N6O/c1-9(15)10-2-4-11(5-3-10)14(19)18-12-6-7-17-13(16)8-12;14-5-8-1-3-9(4-2-8)13(20)18-11-10-6-17-19-12(10)16-7-15-11/h6-11H,2-5,15H2,1H3,(H3,16,17,18,19);6-9H,1-5,14H2,(H2,15,16,17,18,19,20)/t9?,10-,11-;8-,9-. The number of hydrogen-bond donors (Lipinski definition) is 6. The molecule has 0 bridgehead atoms. The Morgan fingerprint density at radius 2 is 1.67 bits per heavy atom. The zero-order valence-corrected chi connectivity index (χ0v) is 22.5. The van der Waals surface area contributed by atoms with Gasteiger partial charge in [-0.15, -0.1) is 0 Å². The maximum Gasteiger partial charge on any atom is 0.228 e. The molecule has 12 heteroatoms. The summed E-state index contributed by atoms with van der Waals surface area (Å²) < 4.78 is 0. The predicted octanol–water partition coefficient (Wildman–Crippen LogP) is 2.81. The van der Waals surface area contributed by atoms with Gasteiger partial charge in [0.1, 0.15) is 18.0 Å². The smallest absolute Gasteiger partial charge is 0.228 e. The molecule has 2 fully saturated rings. The average Bonchev–Trinajstić information content (AvgIpc) is 3.44. The Kier molecular flexibility index (Phi) is 9.77. The number of hydrogen-bond acceptors (Lipinski definition) is 9. The number of H-pyrrole nitrogens is 1. The van der Waals surface area contributed by atoms with Gasteiger partial charge in [-0.25, -0.2) is 15.0 Å². The van der Waals surface area contributed by atoms with Gasteiger partial charge in [-0.3, -0.25) is 14.7 Å². The Morgan fingerprint density at radius 1 is 1.00 bits per heavy atom. The summed E-state index contributed by atoms with van der Waals surface area (Å²) in [5.41, 5.74) is 18.5. The van der Waals surface area contributed by atoms with E-state index in [-0.39, 0.29) is 29.7 Å². The van der Waals surface area contributed by atoms with Gasteiger partial charge >= 0.3 is 0 Å². The van der Waals surface area contributed by atoms with Crippen molar-refractivity contribution in [2.45, 2.75) is 64.3 Å². The van der Waals surface area contributed by atoms with Crippen LogP contribution < -0.4 is 27.8 Å². The Hall–Kier alpha value is -3.64. The number of carbonyl (C=O) groups excluding carboxylic acids is 2. The van der Waals surface area contributed by atoms with Crippen LogP contribution in [-0.2, 0) is 9.59 Å². The lowest BCUT2D eigenvalue weighted by Crippen LogP contribution is -2.33. The molecule has 0 spiro atoms. The van der Waals surface area contributed by atoms with Crippen LogP contribution in [0.15, 0.2) is 30.9 Å². The molecular weight excluding hydrogens is 496 g/mol. The molecule has 1 atom stereocenters. The minimum absolute atomic E-state index is 0.0293. The molecule has 0 aliphatic heterocycles. The molecule has 2 amide bonds. The number of amides is 2. The summed E-state index contributed by atoms with van der Waals surface area (Å²) in [6.45, 7) is 2.76. The highest BCUT2D eigenvalue weighted by Crippen LogP contribution is 2.31. The highest BCUT2D eigenvalue weighted by Gasteiger charge is 2.28. The average molecular weight is 537 g/mol. The van der Waals surface area contributed by atoms with Crippen molar-refractivity contribution >= 4 is 40.2 Å². The molecule has 2 saturated carbocycles. The van der Waals surface area contributed by atoms with Crippen LogP contribution in [-0.4, -0.2) is 49.6 Å². The molecule has 12 nitrogen and oxygen atoms in total. The van der Waals surface area contributed by atoms with Crippen molar-refractivity contribution in [3.05, 3.63) is 30.9 Å². The normalized spacial score (nSPS) is 23.8. The number of fused-ring (bicyclic) bond motifs is 1. The van der Waals surface area contributed by atoms with E-state index in [1.807, 2.05) is 6.92 Å². The van der Waals surface area contributed by atoms with Gasteiger partial charge in [-0.2, -0.15) is 5.10 Å². The fourth-order valence-electron chi connectivity index (χ4n) is 5.42. The first-order chi connectivity index (χ1) is 18.8. The van der Waals surface area contributed by atoms with E-state index < -0.39 is 0 Å². The van der Waals surface area contributed by atoms with Crippen molar-refractivity contribution in [3.63, 3.8) is 0 Å². The highest BCUT2D eigenvalue weighted by molar-refractivity contribution is 5.99. The van der Waals surface area contributed by atoms with Crippen molar-refractivity contribution in [1.82, 2.24) is 25.1 Å². The number of pyridine rings is 1. The van der Waals surface area contributed by atoms with Crippen molar-refractivity contribution in [2.75, 3.05) is 22.9 Å². The predicted molar refractivity (Wildman–Crippen MR) is 151 cm³/mol. The van der Waals surface area contributed by atoms with E-state index in [4.69, 9.17) is 17.2 Å². The molecule has 1 unspecified atom stereocenters. The van der Waals surface area contributed by atoms with Gasteiger partial charge in [0.15, 0.2) is 5.65 Å². The van der Waals surface area contributed by atoms with Gasteiger partial charge < -0.3 is 27.8 Å². The summed E-state index contributed by atoms with van der Waals surface area (Å²) >= 11 is 0. The largest absolute Gasteiger partial charge is 0.384 e. The van der Waals surface area contributed by atoms with Crippen LogP contribution in [0, 0.1) is 23.7 Å². The third kappa shape index (κ3) is 7.70. The van der Waals surface area contributed by atoms with Crippen molar-refractivity contribution in [3.8, 4) is 0 Å². The molecule has 5 rings (SSSR count). The lowest BCUT2D eigenvalue weighted by molar-refractivity contribution is -0.121.